The molecule has 1 atom stereocenters. The lowest BCUT2D eigenvalue weighted by Gasteiger charge is -2.31. The summed E-state index contributed by atoms with van der Waals surface area (Å²) in [6.45, 7) is 2.51. The van der Waals surface area contributed by atoms with Crippen LogP contribution in [0.4, 0.5) is 0 Å². The summed E-state index contributed by atoms with van der Waals surface area (Å²) in [6, 6.07) is 21.4. The topological polar surface area (TPSA) is 49.4 Å². The summed E-state index contributed by atoms with van der Waals surface area (Å²) in [5, 5.41) is 4.47. The standard InChI is InChI=1S/C26H25Cl3N2O2S/c1-2-30-26(33)24(14-18-6-4-3-5-7-18)31(16-19-8-9-21(28)15-23(19)29)25(32)17-34-22-12-10-20(27)11-13-22/h3-13,15,24H,2,14,16-17H2,1H3,(H,30,33)/t24-/m1/s1. The van der Waals surface area contributed by atoms with Gasteiger partial charge in [-0.3, -0.25) is 9.59 Å². The number of hydrogen-bond donors (Lipinski definition) is 1. The average molecular weight is 536 g/mol. The number of amides is 2. The highest BCUT2D eigenvalue weighted by Crippen LogP contribution is 2.26. The molecule has 3 aromatic carbocycles. The van der Waals surface area contributed by atoms with Crippen LogP contribution in [0.5, 0.6) is 0 Å². The SMILES string of the molecule is CCNC(=O)[C@@H](Cc1ccccc1)N(Cc1ccc(Cl)cc1Cl)C(=O)CSc1ccc(Cl)cc1. The Balaban J connectivity index is 1.91. The van der Waals surface area contributed by atoms with Gasteiger partial charge >= 0.3 is 0 Å². The number of likely N-dealkylation sites (N-methyl/N-ethyl adjacent to an activating group) is 1. The normalized spacial score (nSPS) is 11.6. The summed E-state index contributed by atoms with van der Waals surface area (Å²) in [6.07, 6.45) is 0.384. The highest BCUT2D eigenvalue weighted by Gasteiger charge is 2.30. The Morgan fingerprint density at radius 1 is 0.941 bits per heavy atom. The van der Waals surface area contributed by atoms with Gasteiger partial charge in [-0.1, -0.05) is 71.2 Å². The number of hydrogen-bond acceptors (Lipinski definition) is 3. The molecule has 0 spiro atoms. The molecule has 0 aliphatic heterocycles. The third kappa shape index (κ3) is 7.67. The molecule has 0 radical (unpaired) electrons. The Morgan fingerprint density at radius 3 is 2.26 bits per heavy atom. The van der Waals surface area contributed by atoms with Crippen molar-refractivity contribution in [1.29, 1.82) is 0 Å². The summed E-state index contributed by atoms with van der Waals surface area (Å²) in [4.78, 5) is 29.2. The molecule has 178 valence electrons. The minimum atomic E-state index is -0.701. The minimum Gasteiger partial charge on any atom is -0.355 e. The molecular weight excluding hydrogens is 511 g/mol. The Morgan fingerprint density at radius 2 is 1.62 bits per heavy atom. The summed E-state index contributed by atoms with van der Waals surface area (Å²) in [7, 11) is 0. The van der Waals surface area contributed by atoms with Gasteiger partial charge in [0, 0.05) is 39.5 Å². The number of nitrogens with one attached hydrogen (secondary N) is 1. The van der Waals surface area contributed by atoms with Gasteiger partial charge < -0.3 is 10.2 Å². The maximum Gasteiger partial charge on any atom is 0.243 e. The molecule has 0 aromatic heterocycles. The molecule has 1 N–H and O–H groups in total. The summed E-state index contributed by atoms with van der Waals surface area (Å²) < 4.78 is 0. The second-order valence-corrected chi connectivity index (χ2v) is 9.93. The van der Waals surface area contributed by atoms with E-state index in [0.29, 0.717) is 28.0 Å². The van der Waals surface area contributed by atoms with Gasteiger partial charge in [0.1, 0.15) is 6.04 Å². The van der Waals surface area contributed by atoms with E-state index >= 15 is 0 Å². The van der Waals surface area contributed by atoms with Crippen LogP contribution < -0.4 is 5.32 Å². The monoisotopic (exact) mass is 534 g/mol. The fourth-order valence-corrected chi connectivity index (χ4v) is 4.82. The van der Waals surface area contributed by atoms with E-state index in [0.717, 1.165) is 16.0 Å². The number of benzene rings is 3. The van der Waals surface area contributed by atoms with Crippen molar-refractivity contribution in [1.82, 2.24) is 10.2 Å². The number of rotatable bonds is 10. The first kappa shape index (κ1) is 26.4. The first-order chi connectivity index (χ1) is 16.4. The van der Waals surface area contributed by atoms with Crippen molar-refractivity contribution >= 4 is 58.4 Å². The molecule has 0 saturated heterocycles. The highest BCUT2D eigenvalue weighted by atomic mass is 35.5. The van der Waals surface area contributed by atoms with Crippen molar-refractivity contribution in [2.45, 2.75) is 30.8 Å². The van der Waals surface area contributed by atoms with Crippen LogP contribution in [-0.2, 0) is 22.6 Å². The van der Waals surface area contributed by atoms with Crippen LogP contribution in [0.3, 0.4) is 0 Å². The molecule has 2 amide bonds. The number of carbonyl (C=O) groups is 2. The Labute approximate surface area is 219 Å². The molecule has 0 saturated carbocycles. The van der Waals surface area contributed by atoms with E-state index in [2.05, 4.69) is 5.32 Å². The maximum atomic E-state index is 13.5. The lowest BCUT2D eigenvalue weighted by atomic mass is 10.0. The molecule has 0 aliphatic carbocycles. The molecular formula is C26H25Cl3N2O2S. The lowest BCUT2D eigenvalue weighted by molar-refractivity contribution is -0.139. The number of carbonyl (C=O) groups excluding carboxylic acids is 2. The van der Waals surface area contributed by atoms with Gasteiger partial charge in [-0.2, -0.15) is 0 Å². The summed E-state index contributed by atoms with van der Waals surface area (Å²) >= 11 is 19.9. The summed E-state index contributed by atoms with van der Waals surface area (Å²) in [5.41, 5.74) is 1.68. The molecule has 3 aromatic rings. The zero-order valence-electron chi connectivity index (χ0n) is 18.6. The van der Waals surface area contributed by atoms with Gasteiger partial charge in [-0.05, 0) is 54.4 Å². The predicted octanol–water partition coefficient (Wildman–Crippen LogP) is 6.52. The Kier molecular flexibility index (Phi) is 10.1. The van der Waals surface area contributed by atoms with Crippen LogP contribution in [-0.4, -0.2) is 35.1 Å². The van der Waals surface area contributed by atoms with E-state index in [9.17, 15) is 9.59 Å². The minimum absolute atomic E-state index is 0.164. The Hall–Kier alpha value is -2.18. The molecule has 8 heteroatoms. The molecule has 0 aliphatic rings. The lowest BCUT2D eigenvalue weighted by Crippen LogP contribution is -2.51. The molecule has 3 rings (SSSR count). The van der Waals surface area contributed by atoms with Crippen molar-refractivity contribution in [3.63, 3.8) is 0 Å². The molecule has 0 heterocycles. The van der Waals surface area contributed by atoms with E-state index in [1.807, 2.05) is 49.4 Å². The van der Waals surface area contributed by atoms with Crippen LogP contribution in [0.1, 0.15) is 18.1 Å². The van der Waals surface area contributed by atoms with Gasteiger partial charge in [-0.25, -0.2) is 0 Å². The smallest absolute Gasteiger partial charge is 0.243 e. The molecule has 0 unspecified atom stereocenters. The van der Waals surface area contributed by atoms with Crippen LogP contribution in [0.2, 0.25) is 15.1 Å². The number of thioether (sulfide) groups is 1. The van der Waals surface area contributed by atoms with E-state index in [-0.39, 0.29) is 24.1 Å². The van der Waals surface area contributed by atoms with Gasteiger partial charge in [-0.15, -0.1) is 11.8 Å². The fourth-order valence-electron chi connectivity index (χ4n) is 3.44. The van der Waals surface area contributed by atoms with Crippen molar-refractivity contribution in [2.24, 2.45) is 0 Å². The van der Waals surface area contributed by atoms with Crippen LogP contribution in [0.15, 0.2) is 77.7 Å². The zero-order chi connectivity index (χ0) is 24.5. The molecule has 0 bridgehead atoms. The first-order valence-corrected chi connectivity index (χ1v) is 12.9. The quantitative estimate of drug-likeness (QED) is 0.301. The van der Waals surface area contributed by atoms with Crippen molar-refractivity contribution in [3.05, 3.63) is 99.0 Å². The molecule has 0 fully saturated rings. The number of nitrogens with zero attached hydrogens (tertiary/aromatic N) is 1. The first-order valence-electron chi connectivity index (χ1n) is 10.8. The van der Waals surface area contributed by atoms with E-state index < -0.39 is 6.04 Å². The average Bonchev–Trinajstić information content (AvgIpc) is 2.82. The van der Waals surface area contributed by atoms with E-state index in [4.69, 9.17) is 34.8 Å². The highest BCUT2D eigenvalue weighted by molar-refractivity contribution is 8.00. The third-order valence-corrected chi connectivity index (χ3v) is 6.99. The van der Waals surface area contributed by atoms with E-state index in [1.54, 1.807) is 35.2 Å². The second-order valence-electron chi connectivity index (χ2n) is 7.60. The van der Waals surface area contributed by atoms with Crippen LogP contribution in [0, 0.1) is 0 Å². The van der Waals surface area contributed by atoms with Crippen molar-refractivity contribution < 1.29 is 9.59 Å². The van der Waals surface area contributed by atoms with Gasteiger partial charge in [0.25, 0.3) is 0 Å². The Bertz CT molecular complexity index is 1110. The second kappa shape index (κ2) is 13.1. The zero-order valence-corrected chi connectivity index (χ0v) is 21.7. The predicted molar refractivity (Wildman–Crippen MR) is 142 cm³/mol. The molecule has 34 heavy (non-hydrogen) atoms. The summed E-state index contributed by atoms with van der Waals surface area (Å²) in [5.74, 6) is -0.211. The maximum absolute atomic E-state index is 13.5. The van der Waals surface area contributed by atoms with Crippen molar-refractivity contribution in [2.75, 3.05) is 12.3 Å². The third-order valence-electron chi connectivity index (χ3n) is 5.15. The van der Waals surface area contributed by atoms with Crippen molar-refractivity contribution in [3.8, 4) is 0 Å². The van der Waals surface area contributed by atoms with Gasteiger partial charge in [0.05, 0.1) is 5.75 Å². The van der Waals surface area contributed by atoms with Crippen LogP contribution in [0.25, 0.3) is 0 Å². The van der Waals surface area contributed by atoms with Crippen LogP contribution >= 0.6 is 46.6 Å². The number of halogens is 3. The van der Waals surface area contributed by atoms with Gasteiger partial charge in [0.15, 0.2) is 0 Å². The molecule has 4 nitrogen and oxygen atoms in total. The van der Waals surface area contributed by atoms with E-state index in [1.165, 1.54) is 11.8 Å². The fraction of sp³-hybridized carbons (Fsp3) is 0.231. The largest absolute Gasteiger partial charge is 0.355 e. The van der Waals surface area contributed by atoms with Gasteiger partial charge in [0.2, 0.25) is 11.8 Å².